The van der Waals surface area contributed by atoms with E-state index in [0.29, 0.717) is 25.9 Å². The Labute approximate surface area is 135 Å². The Kier molecular flexibility index (Phi) is 4.92. The molecule has 0 aromatic heterocycles. The van der Waals surface area contributed by atoms with Crippen LogP contribution in [0.1, 0.15) is 55.5 Å². The van der Waals surface area contributed by atoms with E-state index in [2.05, 4.69) is 0 Å². The molecule has 2 N–H and O–H groups in total. The van der Waals surface area contributed by atoms with E-state index < -0.39 is 17.3 Å². The standard InChI is InChI=1S/C17H23FN2O3/c1-17(2,3)23-16(22)20-6-4-11(5-7-20)12-8-13(15(19)21)10-14(18)9-12/h8-11H,4-7H2,1-3H3,(H2,19,21). The third-order valence-electron chi connectivity index (χ3n) is 3.82. The Morgan fingerprint density at radius 1 is 1.22 bits per heavy atom. The second-order valence-corrected chi connectivity index (χ2v) is 6.88. The van der Waals surface area contributed by atoms with Gasteiger partial charge in [-0.3, -0.25) is 4.79 Å². The second-order valence-electron chi connectivity index (χ2n) is 6.88. The Morgan fingerprint density at radius 2 is 1.83 bits per heavy atom. The number of benzene rings is 1. The van der Waals surface area contributed by atoms with Crippen LogP contribution in [0.25, 0.3) is 0 Å². The predicted molar refractivity (Wildman–Crippen MR) is 84.7 cm³/mol. The van der Waals surface area contributed by atoms with E-state index in [1.165, 1.54) is 6.07 Å². The quantitative estimate of drug-likeness (QED) is 0.909. The largest absolute Gasteiger partial charge is 0.444 e. The van der Waals surface area contributed by atoms with Crippen molar-refractivity contribution in [2.24, 2.45) is 5.73 Å². The lowest BCUT2D eigenvalue weighted by Gasteiger charge is -2.33. The highest BCUT2D eigenvalue weighted by atomic mass is 19.1. The molecule has 23 heavy (non-hydrogen) atoms. The first-order valence-corrected chi connectivity index (χ1v) is 7.74. The molecule has 1 fully saturated rings. The number of hydrogen-bond acceptors (Lipinski definition) is 3. The molecule has 0 atom stereocenters. The average molecular weight is 322 g/mol. The summed E-state index contributed by atoms with van der Waals surface area (Å²) in [7, 11) is 0. The maximum absolute atomic E-state index is 13.6. The van der Waals surface area contributed by atoms with E-state index >= 15 is 0 Å². The van der Waals surface area contributed by atoms with E-state index in [9.17, 15) is 14.0 Å². The molecular weight excluding hydrogens is 299 g/mol. The number of rotatable bonds is 2. The van der Waals surface area contributed by atoms with Gasteiger partial charge in [0, 0.05) is 18.7 Å². The number of ether oxygens (including phenoxy) is 1. The van der Waals surface area contributed by atoms with Crippen LogP contribution in [0.5, 0.6) is 0 Å². The first-order chi connectivity index (χ1) is 10.7. The summed E-state index contributed by atoms with van der Waals surface area (Å²) < 4.78 is 19.0. The molecule has 0 bridgehead atoms. The summed E-state index contributed by atoms with van der Waals surface area (Å²) in [6, 6.07) is 4.21. The van der Waals surface area contributed by atoms with Crippen LogP contribution in [0.4, 0.5) is 9.18 Å². The second kappa shape index (κ2) is 6.56. The number of carbonyl (C=O) groups is 2. The molecule has 5 nitrogen and oxygen atoms in total. The number of nitrogens with two attached hydrogens (primary N) is 1. The van der Waals surface area contributed by atoms with Crippen molar-refractivity contribution in [3.05, 3.63) is 35.1 Å². The van der Waals surface area contributed by atoms with Gasteiger partial charge in [-0.05, 0) is 63.3 Å². The summed E-state index contributed by atoms with van der Waals surface area (Å²) in [5.41, 5.74) is 5.63. The minimum Gasteiger partial charge on any atom is -0.444 e. The lowest BCUT2D eigenvalue weighted by atomic mass is 9.88. The van der Waals surface area contributed by atoms with Crippen molar-refractivity contribution < 1.29 is 18.7 Å². The highest BCUT2D eigenvalue weighted by Gasteiger charge is 2.27. The third kappa shape index (κ3) is 4.68. The Morgan fingerprint density at radius 3 is 2.35 bits per heavy atom. The molecule has 0 radical (unpaired) electrons. The fourth-order valence-electron chi connectivity index (χ4n) is 2.71. The number of primary amides is 1. The summed E-state index contributed by atoms with van der Waals surface area (Å²) in [6.07, 6.45) is 1.06. The fourth-order valence-corrected chi connectivity index (χ4v) is 2.71. The van der Waals surface area contributed by atoms with Crippen molar-refractivity contribution in [2.75, 3.05) is 13.1 Å². The molecule has 2 rings (SSSR count). The predicted octanol–water partition coefficient (Wildman–Crippen LogP) is 3.04. The molecule has 126 valence electrons. The van der Waals surface area contributed by atoms with Gasteiger partial charge in [-0.25, -0.2) is 9.18 Å². The molecule has 6 heteroatoms. The Balaban J connectivity index is 2.02. The van der Waals surface area contributed by atoms with Crippen LogP contribution in [0, 0.1) is 5.82 Å². The van der Waals surface area contributed by atoms with Gasteiger partial charge >= 0.3 is 6.09 Å². The minimum absolute atomic E-state index is 0.0995. The van der Waals surface area contributed by atoms with Gasteiger partial charge < -0.3 is 15.4 Å². The van der Waals surface area contributed by atoms with Crippen LogP contribution in [-0.4, -0.2) is 35.6 Å². The number of nitrogens with zero attached hydrogens (tertiary/aromatic N) is 1. The Hall–Kier alpha value is -2.11. The minimum atomic E-state index is -0.642. The SMILES string of the molecule is CC(C)(C)OC(=O)N1CCC(c2cc(F)cc(C(N)=O)c2)CC1. The summed E-state index contributed by atoms with van der Waals surface area (Å²) in [5, 5.41) is 0. The van der Waals surface area contributed by atoms with Gasteiger partial charge in [0.15, 0.2) is 0 Å². The number of piperidine rings is 1. The van der Waals surface area contributed by atoms with Gasteiger partial charge in [-0.2, -0.15) is 0 Å². The van der Waals surface area contributed by atoms with Crippen molar-refractivity contribution >= 4 is 12.0 Å². The molecule has 1 aromatic rings. The molecule has 2 amide bonds. The van der Waals surface area contributed by atoms with E-state index in [4.69, 9.17) is 10.5 Å². The molecule has 1 aliphatic rings. The topological polar surface area (TPSA) is 72.6 Å². The number of halogens is 1. The molecule has 1 aliphatic heterocycles. The summed E-state index contributed by atoms with van der Waals surface area (Å²) in [4.78, 5) is 24.9. The maximum Gasteiger partial charge on any atom is 0.410 e. The number of amides is 2. The third-order valence-corrected chi connectivity index (χ3v) is 3.82. The van der Waals surface area contributed by atoms with Crippen molar-refractivity contribution in [1.82, 2.24) is 4.90 Å². The van der Waals surface area contributed by atoms with Crippen molar-refractivity contribution in [2.45, 2.75) is 45.1 Å². The van der Waals surface area contributed by atoms with Crippen LogP contribution in [0.2, 0.25) is 0 Å². The van der Waals surface area contributed by atoms with Gasteiger partial charge in [0.2, 0.25) is 5.91 Å². The molecule has 1 heterocycles. The molecule has 0 spiro atoms. The number of carbonyl (C=O) groups excluding carboxylic acids is 2. The molecular formula is C17H23FN2O3. The van der Waals surface area contributed by atoms with Crippen molar-refractivity contribution in [1.29, 1.82) is 0 Å². The fraction of sp³-hybridized carbons (Fsp3) is 0.529. The molecule has 0 saturated carbocycles. The van der Waals surface area contributed by atoms with E-state index in [1.54, 1.807) is 11.0 Å². The highest BCUT2D eigenvalue weighted by molar-refractivity contribution is 5.93. The number of hydrogen-bond donors (Lipinski definition) is 1. The van der Waals surface area contributed by atoms with Crippen molar-refractivity contribution in [3.63, 3.8) is 0 Å². The first kappa shape index (κ1) is 17.2. The number of likely N-dealkylation sites (tertiary alicyclic amines) is 1. The maximum atomic E-state index is 13.6. The van der Waals surface area contributed by atoms with E-state index in [1.807, 2.05) is 20.8 Å². The van der Waals surface area contributed by atoms with Gasteiger partial charge in [0.25, 0.3) is 0 Å². The molecule has 1 aromatic carbocycles. The molecule has 0 aliphatic carbocycles. The zero-order chi connectivity index (χ0) is 17.2. The smallest absolute Gasteiger partial charge is 0.410 e. The summed E-state index contributed by atoms with van der Waals surface area (Å²) in [5.74, 6) is -1.01. The van der Waals surface area contributed by atoms with Crippen LogP contribution in [0.15, 0.2) is 18.2 Å². The lowest BCUT2D eigenvalue weighted by Crippen LogP contribution is -2.41. The van der Waals surface area contributed by atoms with Gasteiger partial charge in [0.1, 0.15) is 11.4 Å². The van der Waals surface area contributed by atoms with Crippen LogP contribution >= 0.6 is 0 Å². The van der Waals surface area contributed by atoms with Gasteiger partial charge in [-0.1, -0.05) is 0 Å². The summed E-state index contributed by atoms with van der Waals surface area (Å²) in [6.45, 7) is 6.57. The summed E-state index contributed by atoms with van der Waals surface area (Å²) >= 11 is 0. The van der Waals surface area contributed by atoms with Gasteiger partial charge in [0.05, 0.1) is 0 Å². The van der Waals surface area contributed by atoms with Crippen LogP contribution < -0.4 is 5.73 Å². The van der Waals surface area contributed by atoms with Gasteiger partial charge in [-0.15, -0.1) is 0 Å². The highest BCUT2D eigenvalue weighted by Crippen LogP contribution is 2.30. The monoisotopic (exact) mass is 322 g/mol. The van der Waals surface area contributed by atoms with E-state index in [-0.39, 0.29) is 17.6 Å². The van der Waals surface area contributed by atoms with Crippen LogP contribution in [-0.2, 0) is 4.74 Å². The molecule has 1 saturated heterocycles. The van der Waals surface area contributed by atoms with E-state index in [0.717, 1.165) is 11.6 Å². The van der Waals surface area contributed by atoms with Crippen molar-refractivity contribution in [3.8, 4) is 0 Å². The average Bonchev–Trinajstić information content (AvgIpc) is 2.45. The normalized spacial score (nSPS) is 16.3. The lowest BCUT2D eigenvalue weighted by molar-refractivity contribution is 0.0204. The Bertz CT molecular complexity index is 602. The van der Waals surface area contributed by atoms with Crippen LogP contribution in [0.3, 0.4) is 0 Å². The zero-order valence-corrected chi connectivity index (χ0v) is 13.8. The zero-order valence-electron chi connectivity index (χ0n) is 13.8. The first-order valence-electron chi connectivity index (χ1n) is 7.74. The molecule has 0 unspecified atom stereocenters.